The van der Waals surface area contributed by atoms with Crippen LogP contribution in [-0.4, -0.2) is 46.3 Å². The predicted molar refractivity (Wildman–Crippen MR) is 126 cm³/mol. The number of anilines is 2. The minimum absolute atomic E-state index is 0.0565. The maximum Gasteiger partial charge on any atom is 0.268 e. The molecular formula is C22H23N5O4S2. The first-order chi connectivity index (χ1) is 16.0. The SMILES string of the molecule is CCC1Oc2ccc(-c3csc(C)n3)cc2N(CC(=O)Nc2nnc(C3CCCO3)s2)C1=O. The van der Waals surface area contributed by atoms with Crippen molar-refractivity contribution in [2.45, 2.75) is 45.3 Å². The summed E-state index contributed by atoms with van der Waals surface area (Å²) >= 11 is 2.86. The van der Waals surface area contributed by atoms with Crippen LogP contribution < -0.4 is 15.0 Å². The van der Waals surface area contributed by atoms with E-state index in [9.17, 15) is 9.59 Å². The Balaban J connectivity index is 1.37. The fourth-order valence-corrected chi connectivity index (χ4v) is 5.36. The molecule has 0 aliphatic carbocycles. The number of benzene rings is 1. The molecule has 2 atom stereocenters. The smallest absolute Gasteiger partial charge is 0.268 e. The molecule has 172 valence electrons. The summed E-state index contributed by atoms with van der Waals surface area (Å²) in [7, 11) is 0. The minimum atomic E-state index is -0.634. The largest absolute Gasteiger partial charge is 0.478 e. The molecule has 1 saturated heterocycles. The van der Waals surface area contributed by atoms with Crippen molar-refractivity contribution in [2.75, 3.05) is 23.4 Å². The van der Waals surface area contributed by atoms with Crippen LogP contribution in [0.1, 0.15) is 42.3 Å². The number of fused-ring (bicyclic) bond motifs is 1. The molecule has 2 aliphatic rings. The Kier molecular flexibility index (Phi) is 6.09. The number of nitrogens with one attached hydrogen (secondary N) is 1. The van der Waals surface area contributed by atoms with Crippen molar-refractivity contribution >= 4 is 45.3 Å². The zero-order valence-corrected chi connectivity index (χ0v) is 19.9. The summed E-state index contributed by atoms with van der Waals surface area (Å²) in [5, 5.41) is 15.1. The quantitative estimate of drug-likeness (QED) is 0.563. The van der Waals surface area contributed by atoms with E-state index in [0.717, 1.165) is 34.1 Å². The first-order valence-electron chi connectivity index (χ1n) is 10.8. The third kappa shape index (κ3) is 4.48. The molecule has 5 rings (SSSR count). The Bertz CT molecular complexity index is 1190. The number of carbonyl (C=O) groups excluding carboxylic acids is 2. The van der Waals surface area contributed by atoms with Gasteiger partial charge in [0, 0.05) is 17.6 Å². The van der Waals surface area contributed by atoms with Gasteiger partial charge in [0.05, 0.1) is 16.4 Å². The number of thiazole rings is 1. The van der Waals surface area contributed by atoms with Crippen molar-refractivity contribution in [3.63, 3.8) is 0 Å². The van der Waals surface area contributed by atoms with Gasteiger partial charge < -0.3 is 9.47 Å². The lowest BCUT2D eigenvalue weighted by Crippen LogP contribution is -2.48. The topological polar surface area (TPSA) is 107 Å². The highest BCUT2D eigenvalue weighted by Crippen LogP contribution is 2.38. The van der Waals surface area contributed by atoms with E-state index >= 15 is 0 Å². The normalized spacial score (nSPS) is 19.9. The van der Waals surface area contributed by atoms with Crippen LogP contribution in [0.3, 0.4) is 0 Å². The molecule has 2 aliphatic heterocycles. The molecule has 3 aromatic rings. The molecule has 11 heteroatoms. The van der Waals surface area contributed by atoms with Gasteiger partial charge in [-0.1, -0.05) is 18.3 Å². The Labute approximate surface area is 198 Å². The monoisotopic (exact) mass is 485 g/mol. The number of ether oxygens (including phenoxy) is 2. The number of hydrogen-bond donors (Lipinski definition) is 1. The second kappa shape index (κ2) is 9.16. The molecule has 0 bridgehead atoms. The Morgan fingerprint density at radius 3 is 2.94 bits per heavy atom. The highest BCUT2D eigenvalue weighted by Gasteiger charge is 2.35. The molecule has 1 fully saturated rings. The van der Waals surface area contributed by atoms with Crippen LogP contribution in [0.15, 0.2) is 23.6 Å². The molecule has 2 amide bonds. The van der Waals surface area contributed by atoms with Gasteiger partial charge in [0.25, 0.3) is 5.91 Å². The van der Waals surface area contributed by atoms with Gasteiger partial charge >= 0.3 is 0 Å². The summed E-state index contributed by atoms with van der Waals surface area (Å²) in [6.07, 6.45) is 1.71. The third-order valence-corrected chi connectivity index (χ3v) is 7.24. The van der Waals surface area contributed by atoms with Crippen molar-refractivity contribution in [2.24, 2.45) is 0 Å². The third-order valence-electron chi connectivity index (χ3n) is 5.54. The summed E-state index contributed by atoms with van der Waals surface area (Å²) in [6, 6.07) is 5.60. The molecule has 2 aromatic heterocycles. The number of aromatic nitrogens is 3. The lowest BCUT2D eigenvalue weighted by atomic mass is 10.1. The van der Waals surface area contributed by atoms with Crippen LogP contribution >= 0.6 is 22.7 Å². The minimum Gasteiger partial charge on any atom is -0.478 e. The van der Waals surface area contributed by atoms with Crippen LogP contribution in [-0.2, 0) is 14.3 Å². The van der Waals surface area contributed by atoms with Crippen molar-refractivity contribution in [3.8, 4) is 17.0 Å². The van der Waals surface area contributed by atoms with E-state index in [1.807, 2.05) is 37.4 Å². The zero-order chi connectivity index (χ0) is 22.9. The first-order valence-corrected chi connectivity index (χ1v) is 12.5. The van der Waals surface area contributed by atoms with E-state index in [1.165, 1.54) is 16.2 Å². The van der Waals surface area contributed by atoms with E-state index in [-0.39, 0.29) is 24.5 Å². The second-order valence-corrected chi connectivity index (χ2v) is 9.94. The summed E-state index contributed by atoms with van der Waals surface area (Å²) in [6.45, 7) is 4.39. The number of rotatable bonds is 6. The van der Waals surface area contributed by atoms with Gasteiger partial charge in [-0.25, -0.2) is 4.98 Å². The Morgan fingerprint density at radius 1 is 1.33 bits per heavy atom. The van der Waals surface area contributed by atoms with Gasteiger partial charge in [-0.2, -0.15) is 0 Å². The molecule has 1 N–H and O–H groups in total. The molecule has 0 saturated carbocycles. The van der Waals surface area contributed by atoms with E-state index < -0.39 is 6.10 Å². The van der Waals surface area contributed by atoms with Crippen LogP contribution in [0.4, 0.5) is 10.8 Å². The molecular weight excluding hydrogens is 462 g/mol. The van der Waals surface area contributed by atoms with Crippen LogP contribution in [0.2, 0.25) is 0 Å². The average Bonchev–Trinajstić information content (AvgIpc) is 3.57. The maximum absolute atomic E-state index is 13.1. The molecule has 0 radical (unpaired) electrons. The summed E-state index contributed by atoms with van der Waals surface area (Å²) < 4.78 is 11.5. The Morgan fingerprint density at radius 2 is 2.21 bits per heavy atom. The number of carbonyl (C=O) groups is 2. The van der Waals surface area contributed by atoms with Crippen LogP contribution in [0.5, 0.6) is 5.75 Å². The van der Waals surface area contributed by atoms with Crippen molar-refractivity contribution in [1.82, 2.24) is 15.2 Å². The van der Waals surface area contributed by atoms with Gasteiger partial charge in [0.15, 0.2) is 6.10 Å². The van der Waals surface area contributed by atoms with Crippen molar-refractivity contribution in [1.29, 1.82) is 0 Å². The fraction of sp³-hybridized carbons (Fsp3) is 0.409. The lowest BCUT2D eigenvalue weighted by Gasteiger charge is -2.33. The highest BCUT2D eigenvalue weighted by atomic mass is 32.1. The summed E-state index contributed by atoms with van der Waals surface area (Å²) in [5.74, 6) is -0.0263. The van der Waals surface area contributed by atoms with Gasteiger partial charge in [-0.15, -0.1) is 21.5 Å². The van der Waals surface area contributed by atoms with E-state index in [2.05, 4.69) is 20.5 Å². The molecule has 33 heavy (non-hydrogen) atoms. The van der Waals surface area contributed by atoms with Gasteiger partial charge in [-0.3, -0.25) is 19.8 Å². The van der Waals surface area contributed by atoms with Crippen LogP contribution in [0, 0.1) is 6.92 Å². The van der Waals surface area contributed by atoms with E-state index in [1.54, 1.807) is 11.3 Å². The highest BCUT2D eigenvalue weighted by molar-refractivity contribution is 7.15. The predicted octanol–water partition coefficient (Wildman–Crippen LogP) is 3.96. The van der Waals surface area contributed by atoms with Gasteiger partial charge in [0.2, 0.25) is 11.0 Å². The lowest BCUT2D eigenvalue weighted by molar-refractivity contribution is -0.128. The second-order valence-electron chi connectivity index (χ2n) is 7.87. The number of aryl methyl sites for hydroxylation is 1. The average molecular weight is 486 g/mol. The number of hydrogen-bond acceptors (Lipinski definition) is 9. The zero-order valence-electron chi connectivity index (χ0n) is 18.2. The molecule has 4 heterocycles. The number of nitrogens with zero attached hydrogens (tertiary/aromatic N) is 4. The van der Waals surface area contributed by atoms with Crippen LogP contribution in [0.25, 0.3) is 11.3 Å². The Hall–Kier alpha value is -2.89. The van der Waals surface area contributed by atoms with E-state index in [4.69, 9.17) is 9.47 Å². The first kappa shape index (κ1) is 21.9. The summed E-state index contributed by atoms with van der Waals surface area (Å²) in [5.41, 5.74) is 2.24. The molecule has 1 aromatic carbocycles. The standard InChI is InChI=1S/C22H23N5O4S2/c1-3-16-21(29)27(10-19(28)24-22-26-25-20(33-22)18-5-4-8-30-18)15-9-13(6-7-17(15)31-16)14-11-32-12(2)23-14/h6-7,9,11,16,18H,3-5,8,10H2,1-2H3,(H,24,26,28). The fourth-order valence-electron chi connectivity index (χ4n) is 3.89. The van der Waals surface area contributed by atoms with Crippen molar-refractivity contribution in [3.05, 3.63) is 33.6 Å². The molecule has 2 unspecified atom stereocenters. The molecule has 9 nitrogen and oxygen atoms in total. The number of amides is 2. The summed E-state index contributed by atoms with van der Waals surface area (Å²) in [4.78, 5) is 32.0. The van der Waals surface area contributed by atoms with E-state index in [0.29, 0.717) is 29.6 Å². The van der Waals surface area contributed by atoms with Gasteiger partial charge in [-0.05, 0) is 44.4 Å². The van der Waals surface area contributed by atoms with Gasteiger partial charge in [0.1, 0.15) is 23.4 Å². The molecule has 0 spiro atoms. The maximum atomic E-state index is 13.1. The van der Waals surface area contributed by atoms with Crippen molar-refractivity contribution < 1.29 is 19.1 Å².